The Morgan fingerprint density at radius 1 is 1.28 bits per heavy atom. The first-order valence-corrected chi connectivity index (χ1v) is 5.20. The van der Waals surface area contributed by atoms with Gasteiger partial charge in [-0.25, -0.2) is 4.98 Å². The van der Waals surface area contributed by atoms with E-state index in [9.17, 15) is 0 Å². The second kappa shape index (κ2) is 6.20. The molecule has 1 aromatic heterocycles. The Hall–Kier alpha value is -1.83. The van der Waals surface area contributed by atoms with Gasteiger partial charge in [-0.3, -0.25) is 0 Å². The van der Waals surface area contributed by atoms with Crippen molar-refractivity contribution in [2.75, 3.05) is 16.8 Å². The Labute approximate surface area is 118 Å². The van der Waals surface area contributed by atoms with Crippen LogP contribution in [0.4, 0.5) is 17.5 Å². The summed E-state index contributed by atoms with van der Waals surface area (Å²) in [6, 6.07) is 0. The van der Waals surface area contributed by atoms with E-state index in [0.717, 1.165) is 5.70 Å². The molecular formula is C12H14LiN5. The molecule has 0 saturated heterocycles. The number of aromatic nitrogens is 2. The van der Waals surface area contributed by atoms with Crippen LogP contribution in [0.1, 0.15) is 6.92 Å². The molecule has 5 N–H and O–H groups in total. The van der Waals surface area contributed by atoms with Crippen LogP contribution in [-0.2, 0) is 0 Å². The SMILES string of the molecule is C[C-]1C=CC=C(Nc2ncc(N)c(N)n2)C=C1.[Li+]. The van der Waals surface area contributed by atoms with Gasteiger partial charge in [0.15, 0.2) is 5.82 Å². The summed E-state index contributed by atoms with van der Waals surface area (Å²) < 4.78 is 0. The predicted molar refractivity (Wildman–Crippen MR) is 69.8 cm³/mol. The van der Waals surface area contributed by atoms with Crippen molar-refractivity contribution in [3.63, 3.8) is 0 Å². The van der Waals surface area contributed by atoms with E-state index in [0.29, 0.717) is 11.6 Å². The van der Waals surface area contributed by atoms with Crippen molar-refractivity contribution in [1.29, 1.82) is 0 Å². The largest absolute Gasteiger partial charge is 1.00 e. The van der Waals surface area contributed by atoms with Crippen LogP contribution in [-0.4, -0.2) is 9.97 Å². The fourth-order valence-electron chi connectivity index (χ4n) is 1.31. The van der Waals surface area contributed by atoms with Crippen molar-refractivity contribution in [2.24, 2.45) is 0 Å². The van der Waals surface area contributed by atoms with Crippen LogP contribution in [0.25, 0.3) is 0 Å². The maximum Gasteiger partial charge on any atom is 1.00 e. The van der Waals surface area contributed by atoms with Crippen molar-refractivity contribution < 1.29 is 18.9 Å². The summed E-state index contributed by atoms with van der Waals surface area (Å²) in [4.78, 5) is 8.09. The topological polar surface area (TPSA) is 89.8 Å². The molecule has 1 aliphatic carbocycles. The third-order valence-electron chi connectivity index (χ3n) is 2.26. The number of rotatable bonds is 2. The molecule has 0 atom stereocenters. The number of nitrogens with two attached hydrogens (primary N) is 2. The molecule has 1 heterocycles. The van der Waals surface area contributed by atoms with E-state index in [1.54, 1.807) is 0 Å². The van der Waals surface area contributed by atoms with Crippen LogP contribution in [0.15, 0.2) is 42.3 Å². The van der Waals surface area contributed by atoms with Crippen molar-refractivity contribution in [3.8, 4) is 0 Å². The zero-order chi connectivity index (χ0) is 12.3. The van der Waals surface area contributed by atoms with Crippen molar-refractivity contribution in [1.82, 2.24) is 9.97 Å². The quantitative estimate of drug-likeness (QED) is 0.436. The fourth-order valence-corrected chi connectivity index (χ4v) is 1.31. The zero-order valence-electron chi connectivity index (χ0n) is 10.5. The van der Waals surface area contributed by atoms with Crippen LogP contribution < -0.4 is 35.6 Å². The van der Waals surface area contributed by atoms with Gasteiger partial charge < -0.3 is 16.8 Å². The summed E-state index contributed by atoms with van der Waals surface area (Å²) in [6.07, 6.45) is 11.3. The van der Waals surface area contributed by atoms with E-state index in [1.807, 2.05) is 37.3 Å². The van der Waals surface area contributed by atoms with E-state index in [4.69, 9.17) is 11.5 Å². The van der Waals surface area contributed by atoms with Crippen molar-refractivity contribution in [2.45, 2.75) is 6.92 Å². The average molecular weight is 235 g/mol. The molecule has 2 rings (SSSR count). The van der Waals surface area contributed by atoms with E-state index < -0.39 is 0 Å². The van der Waals surface area contributed by atoms with Gasteiger partial charge in [-0.15, -0.1) is 12.2 Å². The summed E-state index contributed by atoms with van der Waals surface area (Å²) in [6.45, 7) is 2.03. The van der Waals surface area contributed by atoms with Crippen LogP contribution in [0, 0.1) is 5.92 Å². The molecule has 0 fully saturated rings. The van der Waals surface area contributed by atoms with Gasteiger partial charge in [-0.2, -0.15) is 29.1 Å². The van der Waals surface area contributed by atoms with E-state index in [-0.39, 0.29) is 24.7 Å². The molecule has 1 aromatic rings. The van der Waals surface area contributed by atoms with Crippen LogP contribution >= 0.6 is 0 Å². The molecule has 0 aromatic carbocycles. The number of nitrogen functional groups attached to an aromatic ring is 2. The third-order valence-corrected chi connectivity index (χ3v) is 2.26. The number of hydrogen-bond donors (Lipinski definition) is 3. The van der Waals surface area contributed by atoms with E-state index >= 15 is 0 Å². The molecule has 0 radical (unpaired) electrons. The molecule has 0 bridgehead atoms. The molecule has 0 amide bonds. The molecule has 6 heteroatoms. The minimum atomic E-state index is 0. The molecule has 0 aliphatic heterocycles. The van der Waals surface area contributed by atoms with Crippen molar-refractivity contribution in [3.05, 3.63) is 48.2 Å². The van der Waals surface area contributed by atoms with Gasteiger partial charge in [-0.1, -0.05) is 6.92 Å². The fraction of sp³-hybridized carbons (Fsp3) is 0.0833. The molecule has 5 nitrogen and oxygen atoms in total. The van der Waals surface area contributed by atoms with Gasteiger partial charge in [-0.05, 0) is 5.70 Å². The van der Waals surface area contributed by atoms with Gasteiger partial charge in [0.05, 0.1) is 11.9 Å². The first-order chi connectivity index (χ1) is 8.15. The summed E-state index contributed by atoms with van der Waals surface area (Å²) >= 11 is 0. The summed E-state index contributed by atoms with van der Waals surface area (Å²) in [5.41, 5.74) is 12.4. The van der Waals surface area contributed by atoms with Crippen LogP contribution in [0.5, 0.6) is 0 Å². The molecule has 0 unspecified atom stereocenters. The van der Waals surface area contributed by atoms with Gasteiger partial charge >= 0.3 is 18.9 Å². The molecule has 0 spiro atoms. The standard InChI is InChI=1S/C12H14N5.Li/c1-8-3-2-4-9(6-5-8)16-12-15-7-10(13)11(14)17-12;/h2-7H,13H2,1H3,(H3,14,15,16,17);/q-1;+1. The number of anilines is 3. The number of nitrogens with zero attached hydrogens (tertiary/aromatic N) is 2. The number of hydrogen-bond acceptors (Lipinski definition) is 5. The van der Waals surface area contributed by atoms with Gasteiger partial charge in [0.2, 0.25) is 5.95 Å². The molecule has 18 heavy (non-hydrogen) atoms. The summed E-state index contributed by atoms with van der Waals surface area (Å²) in [5, 5.41) is 3.06. The van der Waals surface area contributed by atoms with Crippen LogP contribution in [0.2, 0.25) is 0 Å². The Kier molecular flexibility index (Phi) is 4.90. The molecular weight excluding hydrogens is 221 g/mol. The molecule has 1 aliphatic rings. The normalized spacial score (nSPS) is 13.6. The monoisotopic (exact) mass is 235 g/mol. The van der Waals surface area contributed by atoms with Crippen molar-refractivity contribution >= 4 is 17.5 Å². The number of nitrogens with one attached hydrogen (secondary N) is 1. The average Bonchev–Trinajstić information content (AvgIpc) is 2.49. The third kappa shape index (κ3) is 3.59. The van der Waals surface area contributed by atoms with Crippen LogP contribution in [0.3, 0.4) is 0 Å². The van der Waals surface area contributed by atoms with Gasteiger partial charge in [0.25, 0.3) is 0 Å². The Balaban J connectivity index is 0.00000162. The Morgan fingerprint density at radius 3 is 2.78 bits per heavy atom. The zero-order valence-corrected chi connectivity index (χ0v) is 10.5. The summed E-state index contributed by atoms with van der Waals surface area (Å²) in [5.74, 6) is 1.88. The Morgan fingerprint density at radius 2 is 2.06 bits per heavy atom. The molecule has 88 valence electrons. The first kappa shape index (κ1) is 14.2. The second-order valence-corrected chi connectivity index (χ2v) is 3.72. The van der Waals surface area contributed by atoms with Gasteiger partial charge in [0.1, 0.15) is 0 Å². The maximum absolute atomic E-state index is 5.61. The maximum atomic E-state index is 5.61. The molecule has 0 saturated carbocycles. The van der Waals surface area contributed by atoms with Gasteiger partial charge in [0, 0.05) is 0 Å². The predicted octanol–water partition coefficient (Wildman–Crippen LogP) is -1.34. The minimum Gasteiger partial charge on any atom is -0.394 e. The van der Waals surface area contributed by atoms with E-state index in [2.05, 4.69) is 15.3 Å². The number of allylic oxidation sites excluding steroid dienone is 5. The Bertz CT molecular complexity index is 507. The summed E-state index contributed by atoms with van der Waals surface area (Å²) in [7, 11) is 0. The first-order valence-electron chi connectivity index (χ1n) is 5.20. The smallest absolute Gasteiger partial charge is 0.394 e. The van der Waals surface area contributed by atoms with E-state index in [1.165, 1.54) is 12.1 Å². The second-order valence-electron chi connectivity index (χ2n) is 3.72. The minimum absolute atomic E-state index is 0.